The summed E-state index contributed by atoms with van der Waals surface area (Å²) < 4.78 is 5.79. The van der Waals surface area contributed by atoms with Gasteiger partial charge in [-0.2, -0.15) is 0 Å². The van der Waals surface area contributed by atoms with Crippen molar-refractivity contribution in [2.45, 2.75) is 39.8 Å². The predicted octanol–water partition coefficient (Wildman–Crippen LogP) is 3.11. The summed E-state index contributed by atoms with van der Waals surface area (Å²) in [4.78, 5) is 5.24. The van der Waals surface area contributed by atoms with Gasteiger partial charge in [-0.05, 0) is 50.5 Å². The van der Waals surface area contributed by atoms with Gasteiger partial charge in [-0.1, -0.05) is 13.8 Å². The zero-order valence-electron chi connectivity index (χ0n) is 12.9. The van der Waals surface area contributed by atoms with Crippen LogP contribution in [0.25, 0.3) is 0 Å². The van der Waals surface area contributed by atoms with Crippen LogP contribution in [0.4, 0.5) is 0 Å². The van der Waals surface area contributed by atoms with Crippen LogP contribution >= 0.6 is 11.3 Å². The SMILES string of the molecule is CC(C)CNCc1ccc(COCCN2CCCC2)s1. The van der Waals surface area contributed by atoms with E-state index in [0.29, 0.717) is 5.92 Å². The summed E-state index contributed by atoms with van der Waals surface area (Å²) >= 11 is 1.87. The number of nitrogens with zero attached hydrogens (tertiary/aromatic N) is 1. The number of nitrogens with one attached hydrogen (secondary N) is 1. The van der Waals surface area contributed by atoms with E-state index in [-0.39, 0.29) is 0 Å². The van der Waals surface area contributed by atoms with Gasteiger partial charge in [-0.15, -0.1) is 11.3 Å². The minimum Gasteiger partial charge on any atom is -0.375 e. The highest BCUT2D eigenvalue weighted by atomic mass is 32.1. The van der Waals surface area contributed by atoms with Crippen LogP contribution in [0, 0.1) is 5.92 Å². The lowest BCUT2D eigenvalue weighted by molar-refractivity contribution is 0.101. The number of likely N-dealkylation sites (tertiary alicyclic amines) is 1. The van der Waals surface area contributed by atoms with Crippen molar-refractivity contribution in [3.05, 3.63) is 21.9 Å². The van der Waals surface area contributed by atoms with E-state index in [4.69, 9.17) is 4.74 Å². The molecular formula is C16H28N2OS. The van der Waals surface area contributed by atoms with Crippen molar-refractivity contribution in [2.75, 3.05) is 32.8 Å². The third-order valence-corrected chi connectivity index (χ3v) is 4.62. The Hall–Kier alpha value is -0.420. The lowest BCUT2D eigenvalue weighted by Crippen LogP contribution is -2.23. The Labute approximate surface area is 127 Å². The molecule has 0 radical (unpaired) electrons. The molecule has 1 aromatic rings. The van der Waals surface area contributed by atoms with E-state index in [1.165, 1.54) is 35.7 Å². The maximum absolute atomic E-state index is 5.79. The summed E-state index contributed by atoms with van der Waals surface area (Å²) in [5.41, 5.74) is 0. The molecule has 0 aromatic carbocycles. The van der Waals surface area contributed by atoms with Gasteiger partial charge >= 0.3 is 0 Å². The van der Waals surface area contributed by atoms with Crippen LogP contribution in [0.1, 0.15) is 36.4 Å². The monoisotopic (exact) mass is 296 g/mol. The highest BCUT2D eigenvalue weighted by Crippen LogP contribution is 2.17. The molecule has 1 saturated heterocycles. The van der Waals surface area contributed by atoms with Gasteiger partial charge < -0.3 is 15.0 Å². The molecule has 20 heavy (non-hydrogen) atoms. The van der Waals surface area contributed by atoms with Crippen LogP contribution in [-0.4, -0.2) is 37.7 Å². The second kappa shape index (κ2) is 8.78. The molecule has 1 fully saturated rings. The molecule has 114 valence electrons. The van der Waals surface area contributed by atoms with E-state index in [1.807, 2.05) is 11.3 Å². The van der Waals surface area contributed by atoms with Crippen LogP contribution < -0.4 is 5.32 Å². The van der Waals surface area contributed by atoms with E-state index in [2.05, 4.69) is 36.2 Å². The first-order valence-corrected chi connectivity index (χ1v) is 8.64. The van der Waals surface area contributed by atoms with E-state index in [9.17, 15) is 0 Å². The third kappa shape index (κ3) is 5.92. The Morgan fingerprint density at radius 1 is 1.25 bits per heavy atom. The molecule has 0 spiro atoms. The summed E-state index contributed by atoms with van der Waals surface area (Å²) in [5.74, 6) is 0.711. The summed E-state index contributed by atoms with van der Waals surface area (Å²) in [5, 5.41) is 3.48. The predicted molar refractivity (Wildman–Crippen MR) is 86.2 cm³/mol. The van der Waals surface area contributed by atoms with Crippen molar-refractivity contribution < 1.29 is 4.74 Å². The molecule has 1 aliphatic heterocycles. The van der Waals surface area contributed by atoms with Crippen molar-refractivity contribution in [3.63, 3.8) is 0 Å². The second-order valence-electron chi connectivity index (χ2n) is 5.99. The van der Waals surface area contributed by atoms with Gasteiger partial charge in [0.2, 0.25) is 0 Å². The van der Waals surface area contributed by atoms with E-state index in [0.717, 1.165) is 32.8 Å². The molecule has 1 aromatic heterocycles. The number of ether oxygens (including phenoxy) is 1. The van der Waals surface area contributed by atoms with Crippen molar-refractivity contribution >= 4 is 11.3 Å². The van der Waals surface area contributed by atoms with Crippen molar-refractivity contribution in [1.82, 2.24) is 10.2 Å². The first kappa shape index (κ1) is 16.0. The fraction of sp³-hybridized carbons (Fsp3) is 0.750. The van der Waals surface area contributed by atoms with Crippen molar-refractivity contribution in [3.8, 4) is 0 Å². The average molecular weight is 296 g/mol. The Balaban J connectivity index is 1.57. The zero-order valence-corrected chi connectivity index (χ0v) is 13.7. The molecule has 0 atom stereocenters. The van der Waals surface area contributed by atoms with Crippen LogP contribution in [0.2, 0.25) is 0 Å². The molecule has 1 aliphatic rings. The maximum Gasteiger partial charge on any atom is 0.0810 e. The summed E-state index contributed by atoms with van der Waals surface area (Å²) in [6, 6.07) is 4.42. The molecule has 4 heteroatoms. The molecule has 0 bridgehead atoms. The Morgan fingerprint density at radius 2 is 2.00 bits per heavy atom. The summed E-state index contributed by atoms with van der Waals surface area (Å²) in [6.07, 6.45) is 2.72. The largest absolute Gasteiger partial charge is 0.375 e. The van der Waals surface area contributed by atoms with Gasteiger partial charge in [-0.3, -0.25) is 0 Å². The van der Waals surface area contributed by atoms with Crippen LogP contribution in [0.5, 0.6) is 0 Å². The van der Waals surface area contributed by atoms with Crippen LogP contribution in [-0.2, 0) is 17.9 Å². The normalized spacial score (nSPS) is 16.4. The third-order valence-electron chi connectivity index (χ3n) is 3.56. The molecule has 0 aliphatic carbocycles. The molecular weight excluding hydrogens is 268 g/mol. The average Bonchev–Trinajstić information content (AvgIpc) is 3.05. The van der Waals surface area contributed by atoms with Gasteiger partial charge in [0.25, 0.3) is 0 Å². The standard InChI is InChI=1S/C16H28N2OS/c1-14(2)11-17-12-15-5-6-16(20-15)13-19-10-9-18-7-3-4-8-18/h5-6,14,17H,3-4,7-13H2,1-2H3. The van der Waals surface area contributed by atoms with Crippen LogP contribution in [0.15, 0.2) is 12.1 Å². The van der Waals surface area contributed by atoms with Gasteiger partial charge in [0.15, 0.2) is 0 Å². The van der Waals surface area contributed by atoms with E-state index < -0.39 is 0 Å². The van der Waals surface area contributed by atoms with Gasteiger partial charge in [0.05, 0.1) is 13.2 Å². The minimum absolute atomic E-state index is 0.711. The molecule has 1 N–H and O–H groups in total. The molecule has 2 rings (SSSR count). The van der Waals surface area contributed by atoms with Gasteiger partial charge in [0, 0.05) is 22.8 Å². The lowest BCUT2D eigenvalue weighted by Gasteiger charge is -2.13. The number of hydrogen-bond acceptors (Lipinski definition) is 4. The Morgan fingerprint density at radius 3 is 2.75 bits per heavy atom. The molecule has 0 saturated carbocycles. The quantitative estimate of drug-likeness (QED) is 0.709. The van der Waals surface area contributed by atoms with Crippen molar-refractivity contribution in [2.24, 2.45) is 5.92 Å². The highest BCUT2D eigenvalue weighted by Gasteiger charge is 2.10. The van der Waals surface area contributed by atoms with E-state index >= 15 is 0 Å². The first-order chi connectivity index (χ1) is 9.74. The first-order valence-electron chi connectivity index (χ1n) is 7.82. The summed E-state index contributed by atoms with van der Waals surface area (Å²) in [6.45, 7) is 11.8. The molecule has 3 nitrogen and oxygen atoms in total. The van der Waals surface area contributed by atoms with Gasteiger partial charge in [0.1, 0.15) is 0 Å². The van der Waals surface area contributed by atoms with Crippen molar-refractivity contribution in [1.29, 1.82) is 0 Å². The number of hydrogen-bond donors (Lipinski definition) is 1. The fourth-order valence-corrected chi connectivity index (χ4v) is 3.38. The minimum atomic E-state index is 0.711. The van der Waals surface area contributed by atoms with E-state index in [1.54, 1.807) is 0 Å². The molecule has 0 unspecified atom stereocenters. The number of rotatable bonds is 9. The smallest absolute Gasteiger partial charge is 0.0810 e. The molecule has 0 amide bonds. The lowest BCUT2D eigenvalue weighted by atomic mass is 10.2. The Bertz CT molecular complexity index is 372. The maximum atomic E-state index is 5.79. The zero-order chi connectivity index (χ0) is 14.2. The Kier molecular flexibility index (Phi) is 7.00. The van der Waals surface area contributed by atoms with Gasteiger partial charge in [-0.25, -0.2) is 0 Å². The highest BCUT2D eigenvalue weighted by molar-refractivity contribution is 7.11. The number of thiophene rings is 1. The topological polar surface area (TPSA) is 24.5 Å². The summed E-state index contributed by atoms with van der Waals surface area (Å²) in [7, 11) is 0. The van der Waals surface area contributed by atoms with Crippen LogP contribution in [0.3, 0.4) is 0 Å². The fourth-order valence-electron chi connectivity index (χ4n) is 2.45. The molecule has 2 heterocycles. The second-order valence-corrected chi connectivity index (χ2v) is 7.25.